The molecule has 0 spiro atoms. The Kier molecular flexibility index (Phi) is 6.32. The van der Waals surface area contributed by atoms with Crippen LogP contribution in [0.15, 0.2) is 30.3 Å². The summed E-state index contributed by atoms with van der Waals surface area (Å²) in [6.07, 6.45) is 1.04. The first-order valence-corrected chi connectivity index (χ1v) is 9.68. The van der Waals surface area contributed by atoms with Gasteiger partial charge in [-0.3, -0.25) is 0 Å². The molecular formula is C18H18Cl2FN3OS. The Morgan fingerprint density at radius 2 is 2.08 bits per heavy atom. The number of nitrogens with zero attached hydrogens (tertiary/aromatic N) is 1. The van der Waals surface area contributed by atoms with Gasteiger partial charge < -0.3 is 16.2 Å². The average molecular weight is 414 g/mol. The molecule has 0 aliphatic rings. The lowest BCUT2D eigenvalue weighted by Gasteiger charge is -2.09. The van der Waals surface area contributed by atoms with E-state index in [0.717, 1.165) is 15.3 Å². The van der Waals surface area contributed by atoms with E-state index < -0.39 is 0 Å². The summed E-state index contributed by atoms with van der Waals surface area (Å²) in [6.45, 7) is 0.347. The molecular weight excluding hydrogens is 396 g/mol. The molecule has 26 heavy (non-hydrogen) atoms. The number of hydrogen-bond donors (Lipinski definition) is 3. The van der Waals surface area contributed by atoms with E-state index >= 15 is 0 Å². The molecule has 0 unspecified atom stereocenters. The number of pyridine rings is 1. The molecule has 0 aliphatic heterocycles. The first-order chi connectivity index (χ1) is 12.5. The van der Waals surface area contributed by atoms with E-state index in [1.165, 1.54) is 17.4 Å². The Bertz CT molecular complexity index is 919. The van der Waals surface area contributed by atoms with Gasteiger partial charge in [-0.2, -0.15) is 0 Å². The average Bonchev–Trinajstić information content (AvgIpc) is 2.90. The summed E-state index contributed by atoms with van der Waals surface area (Å²) in [5.74, 6) is -0.267. The topological polar surface area (TPSA) is 71.2 Å². The monoisotopic (exact) mass is 413 g/mol. The number of thiophene rings is 1. The summed E-state index contributed by atoms with van der Waals surface area (Å²) < 4.78 is 14.7. The zero-order valence-electron chi connectivity index (χ0n) is 13.8. The molecule has 0 amide bonds. The Morgan fingerprint density at radius 1 is 1.31 bits per heavy atom. The lowest BCUT2D eigenvalue weighted by molar-refractivity contribution is 0.275. The van der Waals surface area contributed by atoms with Gasteiger partial charge in [0.1, 0.15) is 16.5 Å². The molecule has 0 radical (unpaired) electrons. The molecule has 3 aromatic rings. The van der Waals surface area contributed by atoms with Crippen LogP contribution in [0, 0.1) is 5.82 Å². The van der Waals surface area contributed by atoms with Gasteiger partial charge in [0, 0.05) is 35.7 Å². The lowest BCUT2D eigenvalue weighted by Crippen LogP contribution is -2.23. The van der Waals surface area contributed by atoms with Gasteiger partial charge >= 0.3 is 0 Å². The van der Waals surface area contributed by atoms with E-state index in [1.54, 1.807) is 24.3 Å². The van der Waals surface area contributed by atoms with Crippen molar-refractivity contribution >= 4 is 50.4 Å². The quantitative estimate of drug-likeness (QED) is 0.494. The number of aromatic nitrogens is 1. The second-order valence-electron chi connectivity index (χ2n) is 5.93. The molecule has 1 aromatic carbocycles. The van der Waals surface area contributed by atoms with Crippen molar-refractivity contribution in [2.24, 2.45) is 5.73 Å². The van der Waals surface area contributed by atoms with Gasteiger partial charge in [-0.05, 0) is 18.9 Å². The molecule has 0 bridgehead atoms. The molecule has 1 atom stereocenters. The number of anilines is 1. The Labute approximate surface area is 164 Å². The number of aliphatic hydroxyl groups excluding tert-OH is 1. The van der Waals surface area contributed by atoms with Crippen molar-refractivity contribution < 1.29 is 9.50 Å². The SMILES string of the molecule is N[C@@H](CCO)Cc1sc2c(NCc3ccccc3F)cc(Cl)nc2c1Cl. The molecule has 3 rings (SSSR count). The number of nitrogens with two attached hydrogens (primary N) is 1. The maximum absolute atomic E-state index is 13.8. The summed E-state index contributed by atoms with van der Waals surface area (Å²) in [4.78, 5) is 5.22. The van der Waals surface area contributed by atoms with E-state index in [-0.39, 0.29) is 18.5 Å². The molecule has 8 heteroatoms. The van der Waals surface area contributed by atoms with Crippen molar-refractivity contribution in [3.8, 4) is 0 Å². The first-order valence-electron chi connectivity index (χ1n) is 8.10. The summed E-state index contributed by atoms with van der Waals surface area (Å²) in [5.41, 5.74) is 7.92. The predicted octanol–water partition coefficient (Wildman–Crippen LogP) is 4.61. The maximum Gasteiger partial charge on any atom is 0.131 e. The van der Waals surface area contributed by atoms with E-state index in [9.17, 15) is 4.39 Å². The second kappa shape index (κ2) is 8.50. The van der Waals surface area contributed by atoms with Crippen molar-refractivity contribution in [2.75, 3.05) is 11.9 Å². The molecule has 0 fully saturated rings. The van der Waals surface area contributed by atoms with Crippen LogP contribution >= 0.6 is 34.5 Å². The van der Waals surface area contributed by atoms with Gasteiger partial charge in [0.15, 0.2) is 0 Å². The standard InChI is InChI=1S/C18H18Cl2FN3OS/c19-15-8-13(23-9-10-3-1-2-4-12(10)21)18-17(24-15)16(20)14(26-18)7-11(22)5-6-25/h1-4,8,11,25H,5-7,9,22H2,(H,23,24)/t11-/m0/s1. The number of rotatable bonds is 7. The van der Waals surface area contributed by atoms with Crippen LogP contribution in [-0.4, -0.2) is 22.7 Å². The molecule has 0 saturated heterocycles. The van der Waals surface area contributed by atoms with Gasteiger partial charge in [0.2, 0.25) is 0 Å². The van der Waals surface area contributed by atoms with Crippen LogP contribution in [0.1, 0.15) is 16.9 Å². The predicted molar refractivity (Wildman–Crippen MR) is 107 cm³/mol. The summed E-state index contributed by atoms with van der Waals surface area (Å²) in [7, 11) is 0. The van der Waals surface area contributed by atoms with Crippen LogP contribution in [0.5, 0.6) is 0 Å². The van der Waals surface area contributed by atoms with Crippen LogP contribution in [-0.2, 0) is 13.0 Å². The molecule has 4 nitrogen and oxygen atoms in total. The minimum atomic E-state index is -0.267. The highest BCUT2D eigenvalue weighted by Crippen LogP contribution is 2.40. The van der Waals surface area contributed by atoms with Gasteiger partial charge in [0.25, 0.3) is 0 Å². The number of hydrogen-bond acceptors (Lipinski definition) is 5. The molecule has 138 valence electrons. The minimum absolute atomic E-state index is 0.0310. The number of fused-ring (bicyclic) bond motifs is 1. The lowest BCUT2D eigenvalue weighted by atomic mass is 10.1. The van der Waals surface area contributed by atoms with Crippen LogP contribution < -0.4 is 11.1 Å². The van der Waals surface area contributed by atoms with Crippen molar-refractivity contribution in [2.45, 2.75) is 25.4 Å². The third kappa shape index (κ3) is 4.27. The van der Waals surface area contributed by atoms with E-state index in [1.807, 2.05) is 0 Å². The molecule has 2 aromatic heterocycles. The zero-order chi connectivity index (χ0) is 18.7. The van der Waals surface area contributed by atoms with Crippen molar-refractivity contribution in [1.82, 2.24) is 4.98 Å². The Balaban J connectivity index is 1.91. The number of halogens is 3. The number of benzene rings is 1. The molecule has 0 saturated carbocycles. The first kappa shape index (κ1) is 19.3. The van der Waals surface area contributed by atoms with E-state index in [4.69, 9.17) is 34.0 Å². The van der Waals surface area contributed by atoms with Crippen LogP contribution in [0.25, 0.3) is 10.2 Å². The third-order valence-corrected chi connectivity index (χ3v) is 5.94. The van der Waals surface area contributed by atoms with Gasteiger partial charge in [-0.25, -0.2) is 9.37 Å². The maximum atomic E-state index is 13.8. The van der Waals surface area contributed by atoms with E-state index in [2.05, 4.69) is 10.3 Å². The van der Waals surface area contributed by atoms with Gasteiger partial charge in [0.05, 0.1) is 15.4 Å². The van der Waals surface area contributed by atoms with Gasteiger partial charge in [-0.1, -0.05) is 41.4 Å². The Hall–Kier alpha value is -1.44. The summed E-state index contributed by atoms with van der Waals surface area (Å²) >= 11 is 14.1. The highest BCUT2D eigenvalue weighted by Gasteiger charge is 2.18. The fourth-order valence-corrected chi connectivity index (χ4v) is 4.45. The second-order valence-corrected chi connectivity index (χ2v) is 7.80. The zero-order valence-corrected chi connectivity index (χ0v) is 16.1. The molecule has 2 heterocycles. The normalized spacial score (nSPS) is 12.5. The third-order valence-electron chi connectivity index (χ3n) is 3.99. The highest BCUT2D eigenvalue weighted by molar-refractivity contribution is 7.20. The van der Waals surface area contributed by atoms with Crippen LogP contribution in [0.2, 0.25) is 10.2 Å². The highest BCUT2D eigenvalue weighted by atomic mass is 35.5. The minimum Gasteiger partial charge on any atom is -0.396 e. The number of nitrogens with one attached hydrogen (secondary N) is 1. The summed E-state index contributed by atoms with van der Waals surface area (Å²) in [6, 6.07) is 8.11. The van der Waals surface area contributed by atoms with Crippen molar-refractivity contribution in [1.29, 1.82) is 0 Å². The van der Waals surface area contributed by atoms with Gasteiger partial charge in [-0.15, -0.1) is 11.3 Å². The fourth-order valence-electron chi connectivity index (χ4n) is 2.66. The molecule has 4 N–H and O–H groups in total. The van der Waals surface area contributed by atoms with Crippen LogP contribution in [0.4, 0.5) is 10.1 Å². The van der Waals surface area contributed by atoms with Crippen LogP contribution in [0.3, 0.4) is 0 Å². The fraction of sp³-hybridized carbons (Fsp3) is 0.278. The Morgan fingerprint density at radius 3 is 2.81 bits per heavy atom. The van der Waals surface area contributed by atoms with Crippen molar-refractivity contribution in [3.05, 3.63) is 56.8 Å². The largest absolute Gasteiger partial charge is 0.396 e. The van der Waals surface area contributed by atoms with Crippen molar-refractivity contribution in [3.63, 3.8) is 0 Å². The van der Waals surface area contributed by atoms with E-state index in [0.29, 0.717) is 40.6 Å². The number of aliphatic hydroxyl groups is 1. The smallest absolute Gasteiger partial charge is 0.131 e. The molecule has 0 aliphatic carbocycles. The summed E-state index contributed by atoms with van der Waals surface area (Å²) in [5, 5.41) is 13.1.